The van der Waals surface area contributed by atoms with Gasteiger partial charge in [-0.25, -0.2) is 0 Å². The van der Waals surface area contributed by atoms with Crippen molar-refractivity contribution in [2.45, 2.75) is 284 Å². The number of unbranched alkanes of at least 4 members (excludes halogenated alkanes) is 26. The molecular weight excluding hydrogens is 877 g/mol. The lowest BCUT2D eigenvalue weighted by Crippen LogP contribution is -2.30. The molecule has 6 nitrogen and oxygen atoms in total. The molecule has 0 N–H and O–H groups in total. The van der Waals surface area contributed by atoms with Gasteiger partial charge in [0.1, 0.15) is 13.2 Å². The van der Waals surface area contributed by atoms with Gasteiger partial charge in [0.05, 0.1) is 0 Å². The largest absolute Gasteiger partial charge is 0.462 e. The van der Waals surface area contributed by atoms with Crippen molar-refractivity contribution in [2.24, 2.45) is 0 Å². The van der Waals surface area contributed by atoms with E-state index in [1.165, 1.54) is 122 Å². The Morgan fingerprint density at radius 1 is 0.296 bits per heavy atom. The van der Waals surface area contributed by atoms with E-state index in [9.17, 15) is 14.4 Å². The molecule has 1 atom stereocenters. The lowest BCUT2D eigenvalue weighted by molar-refractivity contribution is -0.167. The topological polar surface area (TPSA) is 78.9 Å². The minimum atomic E-state index is -0.783. The van der Waals surface area contributed by atoms with Crippen LogP contribution in [-0.2, 0) is 28.6 Å². The summed E-state index contributed by atoms with van der Waals surface area (Å²) in [5.74, 6) is -0.899. The molecule has 0 aliphatic heterocycles. The molecule has 1 unspecified atom stereocenters. The molecule has 0 amide bonds. The Bertz CT molecular complexity index is 1410. The van der Waals surface area contributed by atoms with Crippen molar-refractivity contribution in [3.05, 3.63) is 97.2 Å². The summed E-state index contributed by atoms with van der Waals surface area (Å²) >= 11 is 0. The van der Waals surface area contributed by atoms with Crippen molar-refractivity contribution >= 4 is 17.9 Å². The highest BCUT2D eigenvalue weighted by molar-refractivity contribution is 5.71. The molecule has 0 aromatic heterocycles. The highest BCUT2D eigenvalue weighted by Gasteiger charge is 2.19. The first kappa shape index (κ1) is 67.3. The van der Waals surface area contributed by atoms with Gasteiger partial charge in [0.15, 0.2) is 6.10 Å². The molecule has 0 rings (SSSR count). The Kier molecular flexibility index (Phi) is 55.9. The zero-order valence-corrected chi connectivity index (χ0v) is 46.5. The van der Waals surface area contributed by atoms with Crippen LogP contribution in [0.2, 0.25) is 0 Å². The Morgan fingerprint density at radius 2 is 0.549 bits per heavy atom. The summed E-state index contributed by atoms with van der Waals surface area (Å²) in [5.41, 5.74) is 0. The van der Waals surface area contributed by atoms with Crippen LogP contribution >= 0.6 is 0 Å². The first-order valence-electron chi connectivity index (χ1n) is 29.7. The van der Waals surface area contributed by atoms with Gasteiger partial charge in [0.25, 0.3) is 0 Å². The number of carbonyl (C=O) groups excluding carboxylic acids is 3. The number of esters is 3. The van der Waals surface area contributed by atoms with E-state index >= 15 is 0 Å². The van der Waals surface area contributed by atoms with Crippen molar-refractivity contribution < 1.29 is 28.6 Å². The van der Waals surface area contributed by atoms with Gasteiger partial charge in [-0.1, -0.05) is 253 Å². The number of hydrogen-bond donors (Lipinski definition) is 0. The van der Waals surface area contributed by atoms with Crippen molar-refractivity contribution in [1.82, 2.24) is 0 Å². The maximum atomic E-state index is 12.8. The fourth-order valence-corrected chi connectivity index (χ4v) is 8.12. The van der Waals surface area contributed by atoms with Crippen LogP contribution in [0, 0.1) is 0 Å². The summed E-state index contributed by atoms with van der Waals surface area (Å²) < 4.78 is 16.8. The third kappa shape index (κ3) is 57.1. The van der Waals surface area contributed by atoms with Gasteiger partial charge in [-0.15, -0.1) is 0 Å². The number of hydrogen-bond acceptors (Lipinski definition) is 6. The fourth-order valence-electron chi connectivity index (χ4n) is 8.12. The van der Waals surface area contributed by atoms with E-state index < -0.39 is 6.10 Å². The summed E-state index contributed by atoms with van der Waals surface area (Å²) in [4.78, 5) is 38.0. The average molecular weight is 988 g/mol. The second kappa shape index (κ2) is 58.9. The van der Waals surface area contributed by atoms with E-state index in [0.717, 1.165) is 116 Å². The number of ether oxygens (including phenoxy) is 3. The number of carbonyl (C=O) groups is 3. The molecule has 0 bridgehead atoms. The van der Waals surface area contributed by atoms with E-state index in [1.54, 1.807) is 0 Å². The standard InChI is InChI=1S/C65H110O6/c1-4-7-10-13-16-19-21-23-25-27-29-30-31-32-33-34-35-36-37-39-40-42-44-46-49-52-55-58-64(67)70-61-62(60-69-63(66)57-54-51-48-18-15-12-9-6-3)71-65(68)59-56-53-50-47-45-43-41-38-28-26-24-22-20-17-14-11-8-5-2/h7,10,16,19-20,22-23,25-26,28-30,32-33,35-36,62H,4-6,8-9,11-15,17-18,21,24,27,31,34,37-61H2,1-3H3/b10-7-,19-16-,22-20-,25-23-,28-26-,30-29-,33-32-,36-35-. The SMILES string of the molecule is CC/C=C\C/C=C\C/C=C\C/C=C\C/C=C\C/C=C\CCCCCCCCCCC(=O)OCC(COC(=O)CCCCCCCCCC)OC(=O)CCCCCCCCC/C=C\C/C=C\CCCCCC. The minimum absolute atomic E-state index is 0.0821. The number of allylic oxidation sites excluding steroid dienone is 16. The minimum Gasteiger partial charge on any atom is -0.462 e. The lowest BCUT2D eigenvalue weighted by atomic mass is 10.1. The zero-order chi connectivity index (χ0) is 51.4. The van der Waals surface area contributed by atoms with Crippen LogP contribution in [0.1, 0.15) is 278 Å². The molecule has 71 heavy (non-hydrogen) atoms. The van der Waals surface area contributed by atoms with Crippen LogP contribution in [0.5, 0.6) is 0 Å². The second-order valence-corrected chi connectivity index (χ2v) is 19.5. The van der Waals surface area contributed by atoms with Gasteiger partial charge in [-0.05, 0) is 103 Å². The summed E-state index contributed by atoms with van der Waals surface area (Å²) in [6.07, 6.45) is 78.4. The summed E-state index contributed by atoms with van der Waals surface area (Å²) in [6, 6.07) is 0. The van der Waals surface area contributed by atoms with E-state index in [1.807, 2.05) is 0 Å². The molecule has 6 heteroatoms. The second-order valence-electron chi connectivity index (χ2n) is 19.5. The fraction of sp³-hybridized carbons (Fsp3) is 0.708. The lowest BCUT2D eigenvalue weighted by Gasteiger charge is -2.18. The summed E-state index contributed by atoms with van der Waals surface area (Å²) in [5, 5.41) is 0. The average Bonchev–Trinajstić information content (AvgIpc) is 3.37. The van der Waals surface area contributed by atoms with Crippen molar-refractivity contribution in [3.63, 3.8) is 0 Å². The van der Waals surface area contributed by atoms with E-state index in [0.29, 0.717) is 19.3 Å². The maximum Gasteiger partial charge on any atom is 0.306 e. The maximum absolute atomic E-state index is 12.8. The van der Waals surface area contributed by atoms with Crippen molar-refractivity contribution in [3.8, 4) is 0 Å². The van der Waals surface area contributed by atoms with Crippen LogP contribution in [0.3, 0.4) is 0 Å². The molecule has 0 heterocycles. The first-order chi connectivity index (χ1) is 35.0. The van der Waals surface area contributed by atoms with Crippen molar-refractivity contribution in [1.29, 1.82) is 0 Å². The molecule has 0 aromatic carbocycles. The molecule has 0 fully saturated rings. The van der Waals surface area contributed by atoms with Gasteiger partial charge >= 0.3 is 17.9 Å². The van der Waals surface area contributed by atoms with Gasteiger partial charge in [-0.2, -0.15) is 0 Å². The Morgan fingerprint density at radius 3 is 0.873 bits per heavy atom. The Hall–Kier alpha value is -3.67. The molecule has 0 saturated carbocycles. The van der Waals surface area contributed by atoms with Gasteiger partial charge in [-0.3, -0.25) is 14.4 Å². The summed E-state index contributed by atoms with van der Waals surface area (Å²) in [7, 11) is 0. The highest BCUT2D eigenvalue weighted by Crippen LogP contribution is 2.15. The summed E-state index contributed by atoms with van der Waals surface area (Å²) in [6.45, 7) is 6.48. The molecule has 0 spiro atoms. The van der Waals surface area contributed by atoms with Crippen LogP contribution in [-0.4, -0.2) is 37.2 Å². The van der Waals surface area contributed by atoms with E-state index in [2.05, 4.69) is 118 Å². The zero-order valence-electron chi connectivity index (χ0n) is 46.5. The van der Waals surface area contributed by atoms with Crippen molar-refractivity contribution in [2.75, 3.05) is 13.2 Å². The first-order valence-corrected chi connectivity index (χ1v) is 29.7. The predicted octanol–water partition coefficient (Wildman–Crippen LogP) is 20.1. The third-order valence-electron chi connectivity index (χ3n) is 12.6. The molecule has 406 valence electrons. The number of rotatable bonds is 53. The van der Waals surface area contributed by atoms with Crippen LogP contribution < -0.4 is 0 Å². The van der Waals surface area contributed by atoms with Gasteiger partial charge in [0, 0.05) is 19.3 Å². The third-order valence-corrected chi connectivity index (χ3v) is 12.6. The molecule has 0 saturated heterocycles. The highest BCUT2D eigenvalue weighted by atomic mass is 16.6. The molecule has 0 radical (unpaired) electrons. The van der Waals surface area contributed by atoms with E-state index in [-0.39, 0.29) is 31.1 Å². The van der Waals surface area contributed by atoms with Crippen LogP contribution in [0.4, 0.5) is 0 Å². The quantitative estimate of drug-likeness (QED) is 0.0261. The molecule has 0 aliphatic carbocycles. The monoisotopic (exact) mass is 987 g/mol. The van der Waals surface area contributed by atoms with Gasteiger partial charge < -0.3 is 14.2 Å². The van der Waals surface area contributed by atoms with Crippen LogP contribution in [0.25, 0.3) is 0 Å². The van der Waals surface area contributed by atoms with Gasteiger partial charge in [0.2, 0.25) is 0 Å². The molecular formula is C65H110O6. The normalized spacial score (nSPS) is 12.8. The Labute approximate surface area is 438 Å². The van der Waals surface area contributed by atoms with Crippen LogP contribution in [0.15, 0.2) is 97.2 Å². The molecule has 0 aliphatic rings. The van der Waals surface area contributed by atoms with E-state index in [4.69, 9.17) is 14.2 Å². The smallest absolute Gasteiger partial charge is 0.306 e. The molecule has 0 aromatic rings. The predicted molar refractivity (Wildman–Crippen MR) is 307 cm³/mol. The Balaban J connectivity index is 4.24.